The minimum absolute atomic E-state index is 0.0693. The summed E-state index contributed by atoms with van der Waals surface area (Å²) in [6, 6.07) is 8.98. The highest BCUT2D eigenvalue weighted by atomic mass is 32.1. The first-order chi connectivity index (χ1) is 13.6. The number of benzene rings is 1. The van der Waals surface area contributed by atoms with Crippen LogP contribution < -0.4 is 9.47 Å². The summed E-state index contributed by atoms with van der Waals surface area (Å²) in [5.41, 5.74) is 1.35. The smallest absolute Gasteiger partial charge is 0.315 e. The molecule has 3 rings (SSSR count). The molecule has 28 heavy (non-hydrogen) atoms. The van der Waals surface area contributed by atoms with Crippen molar-refractivity contribution in [2.45, 2.75) is 6.92 Å². The highest BCUT2D eigenvalue weighted by molar-refractivity contribution is 7.14. The van der Waals surface area contributed by atoms with E-state index in [4.69, 9.17) is 9.47 Å². The fourth-order valence-corrected chi connectivity index (χ4v) is 4.06. The lowest BCUT2D eigenvalue weighted by molar-refractivity contribution is -0.385. The largest absolute Gasteiger partial charge is 0.493 e. The Bertz CT molecular complexity index is 1070. The van der Waals surface area contributed by atoms with E-state index < -0.39 is 4.92 Å². The first-order valence-corrected chi connectivity index (χ1v) is 9.94. The lowest BCUT2D eigenvalue weighted by atomic mass is 10.1. The summed E-state index contributed by atoms with van der Waals surface area (Å²) in [5.74, 6) is 0.304. The van der Waals surface area contributed by atoms with Gasteiger partial charge in [-0.05, 0) is 36.1 Å². The number of nitrogens with zero attached hydrogens (tertiary/aromatic N) is 3. The van der Waals surface area contributed by atoms with Crippen LogP contribution in [0.1, 0.15) is 17.5 Å². The van der Waals surface area contributed by atoms with Gasteiger partial charge in [0.15, 0.2) is 5.75 Å². The molecule has 0 radical (unpaired) electrons. The van der Waals surface area contributed by atoms with Gasteiger partial charge < -0.3 is 9.47 Å². The van der Waals surface area contributed by atoms with Crippen LogP contribution in [0.25, 0.3) is 22.2 Å². The molecule has 0 amide bonds. The summed E-state index contributed by atoms with van der Waals surface area (Å²) in [4.78, 5) is 16.4. The van der Waals surface area contributed by atoms with Crippen molar-refractivity contribution in [2.24, 2.45) is 0 Å². The van der Waals surface area contributed by atoms with E-state index in [2.05, 4.69) is 11.1 Å². The zero-order valence-corrected chi connectivity index (χ0v) is 16.7. The maximum Gasteiger partial charge on any atom is 0.315 e. The molecule has 0 saturated carbocycles. The van der Waals surface area contributed by atoms with E-state index in [1.54, 1.807) is 30.4 Å². The fourth-order valence-electron chi connectivity index (χ4n) is 2.51. The number of rotatable bonds is 7. The molecule has 142 valence electrons. The van der Waals surface area contributed by atoms with Gasteiger partial charge in [0.1, 0.15) is 11.1 Å². The van der Waals surface area contributed by atoms with Gasteiger partial charge in [-0.2, -0.15) is 5.26 Å². The Balaban J connectivity index is 2.04. The maximum absolute atomic E-state index is 11.5. The summed E-state index contributed by atoms with van der Waals surface area (Å²) in [5, 5.41) is 25.4. The monoisotopic (exact) mass is 413 g/mol. The SMILES string of the molecule is CCOc1c(OC)cc(/C=C(/C#N)c2nc(-c3cccs3)cs2)cc1[N+](=O)[O-]. The summed E-state index contributed by atoms with van der Waals surface area (Å²) in [7, 11) is 1.41. The lowest BCUT2D eigenvalue weighted by Gasteiger charge is -2.10. The Morgan fingerprint density at radius 2 is 2.25 bits per heavy atom. The second kappa shape index (κ2) is 8.65. The van der Waals surface area contributed by atoms with E-state index >= 15 is 0 Å². The number of aromatic nitrogens is 1. The molecule has 1 aromatic carbocycles. The Hall–Kier alpha value is -3.22. The van der Waals surface area contributed by atoms with Gasteiger partial charge in [-0.3, -0.25) is 10.1 Å². The third-order valence-corrected chi connectivity index (χ3v) is 5.47. The van der Waals surface area contributed by atoms with Crippen molar-refractivity contribution >= 4 is 40.0 Å². The number of methoxy groups -OCH3 is 1. The van der Waals surface area contributed by atoms with Gasteiger partial charge in [0.25, 0.3) is 0 Å². The average molecular weight is 413 g/mol. The van der Waals surface area contributed by atoms with Crippen LogP contribution in [0.5, 0.6) is 11.5 Å². The lowest BCUT2D eigenvalue weighted by Crippen LogP contribution is -2.01. The number of allylic oxidation sites excluding steroid dienone is 1. The Morgan fingerprint density at radius 1 is 1.43 bits per heavy atom. The van der Waals surface area contributed by atoms with Gasteiger partial charge in [0.05, 0.1) is 34.8 Å². The molecule has 0 aliphatic heterocycles. The Labute approximate surface area is 169 Å². The molecule has 0 fully saturated rings. The molecular weight excluding hydrogens is 398 g/mol. The molecule has 0 unspecified atom stereocenters. The number of thiophene rings is 1. The standard InChI is InChI=1S/C19H15N3O4S2/c1-3-26-18-15(22(23)24)8-12(9-16(18)25-2)7-13(10-20)19-21-14(11-28-19)17-5-4-6-27-17/h4-9,11H,3H2,1-2H3/b13-7-. The van der Waals surface area contributed by atoms with Crippen LogP contribution in [-0.2, 0) is 0 Å². The molecular formula is C19H15N3O4S2. The summed E-state index contributed by atoms with van der Waals surface area (Å²) in [6.07, 6.45) is 1.56. The zero-order valence-electron chi connectivity index (χ0n) is 15.0. The predicted molar refractivity (Wildman–Crippen MR) is 110 cm³/mol. The number of hydrogen-bond donors (Lipinski definition) is 0. The second-order valence-electron chi connectivity index (χ2n) is 5.45. The van der Waals surface area contributed by atoms with Crippen LogP contribution in [-0.4, -0.2) is 23.6 Å². The molecule has 0 atom stereocenters. The molecule has 3 aromatic rings. The summed E-state index contributed by atoms with van der Waals surface area (Å²) < 4.78 is 10.6. The molecule has 0 aliphatic rings. The van der Waals surface area contributed by atoms with Crippen molar-refractivity contribution < 1.29 is 14.4 Å². The van der Waals surface area contributed by atoms with Crippen LogP contribution in [0.15, 0.2) is 35.0 Å². The molecule has 0 saturated heterocycles. The summed E-state index contributed by atoms with van der Waals surface area (Å²) in [6.45, 7) is 2.00. The molecule has 7 nitrogen and oxygen atoms in total. The first kappa shape index (κ1) is 19.5. The van der Waals surface area contributed by atoms with Gasteiger partial charge in [0.2, 0.25) is 5.75 Å². The van der Waals surface area contributed by atoms with Gasteiger partial charge in [0, 0.05) is 11.4 Å². The second-order valence-corrected chi connectivity index (χ2v) is 7.25. The van der Waals surface area contributed by atoms with Gasteiger partial charge in [-0.1, -0.05) is 6.07 Å². The molecule has 0 bridgehead atoms. The number of thiazole rings is 1. The van der Waals surface area contributed by atoms with Crippen molar-refractivity contribution in [3.05, 3.63) is 55.7 Å². The minimum atomic E-state index is -0.533. The van der Waals surface area contributed by atoms with Crippen molar-refractivity contribution in [1.82, 2.24) is 4.98 Å². The van der Waals surface area contributed by atoms with Gasteiger partial charge >= 0.3 is 5.69 Å². The summed E-state index contributed by atoms with van der Waals surface area (Å²) >= 11 is 2.91. The number of nitro groups is 1. The number of ether oxygens (including phenoxy) is 2. The Kier molecular flexibility index (Phi) is 6.03. The molecule has 2 heterocycles. The van der Waals surface area contributed by atoms with Crippen molar-refractivity contribution in [3.8, 4) is 28.1 Å². The van der Waals surface area contributed by atoms with E-state index in [0.717, 1.165) is 10.6 Å². The van der Waals surface area contributed by atoms with E-state index in [-0.39, 0.29) is 23.8 Å². The van der Waals surface area contributed by atoms with E-state index in [9.17, 15) is 15.4 Å². The van der Waals surface area contributed by atoms with E-state index in [1.807, 2.05) is 22.9 Å². The van der Waals surface area contributed by atoms with Crippen LogP contribution in [0, 0.1) is 21.4 Å². The van der Waals surface area contributed by atoms with Crippen LogP contribution in [0.4, 0.5) is 5.69 Å². The number of nitriles is 1. The minimum Gasteiger partial charge on any atom is -0.493 e. The third kappa shape index (κ3) is 4.03. The predicted octanol–water partition coefficient (Wildman–Crippen LogP) is 5.25. The van der Waals surface area contributed by atoms with E-state index in [0.29, 0.717) is 16.1 Å². The normalized spacial score (nSPS) is 11.1. The van der Waals surface area contributed by atoms with Crippen molar-refractivity contribution in [3.63, 3.8) is 0 Å². The topological polar surface area (TPSA) is 98.3 Å². The van der Waals surface area contributed by atoms with E-state index in [1.165, 1.54) is 24.5 Å². The highest BCUT2D eigenvalue weighted by Crippen LogP contribution is 2.39. The van der Waals surface area contributed by atoms with Crippen LogP contribution in [0.2, 0.25) is 0 Å². The van der Waals surface area contributed by atoms with Crippen LogP contribution >= 0.6 is 22.7 Å². The molecule has 0 aliphatic carbocycles. The molecule has 0 N–H and O–H groups in total. The molecule has 0 spiro atoms. The first-order valence-electron chi connectivity index (χ1n) is 8.18. The number of hydrogen-bond acceptors (Lipinski definition) is 8. The molecule has 2 aromatic heterocycles. The maximum atomic E-state index is 11.5. The van der Waals surface area contributed by atoms with Crippen LogP contribution in [0.3, 0.4) is 0 Å². The number of nitro benzene ring substituents is 1. The average Bonchev–Trinajstić information content (AvgIpc) is 3.38. The van der Waals surface area contributed by atoms with Gasteiger partial charge in [-0.15, -0.1) is 22.7 Å². The fraction of sp³-hybridized carbons (Fsp3) is 0.158. The third-order valence-electron chi connectivity index (χ3n) is 3.70. The molecule has 9 heteroatoms. The highest BCUT2D eigenvalue weighted by Gasteiger charge is 2.22. The zero-order chi connectivity index (χ0) is 20.1. The van der Waals surface area contributed by atoms with Gasteiger partial charge in [-0.25, -0.2) is 4.98 Å². The Morgan fingerprint density at radius 3 is 2.86 bits per heavy atom. The van der Waals surface area contributed by atoms with Crippen molar-refractivity contribution in [2.75, 3.05) is 13.7 Å². The van der Waals surface area contributed by atoms with Crippen molar-refractivity contribution in [1.29, 1.82) is 5.26 Å². The quantitative estimate of drug-likeness (QED) is 0.298.